The lowest BCUT2D eigenvalue weighted by molar-refractivity contribution is 0.443. The van der Waals surface area contributed by atoms with Gasteiger partial charge >= 0.3 is 0 Å². The fourth-order valence-corrected chi connectivity index (χ4v) is 4.66. The molecule has 94 valence electrons. The van der Waals surface area contributed by atoms with E-state index in [4.69, 9.17) is 11.6 Å². The molecule has 0 amide bonds. The van der Waals surface area contributed by atoms with Gasteiger partial charge in [0.25, 0.3) is 0 Å². The SMILES string of the molecule is Clc1cc2c(s1)CCC2NCCC1CCCC1. The molecule has 0 aromatic carbocycles. The molecule has 1 aromatic heterocycles. The zero-order valence-corrected chi connectivity index (χ0v) is 11.7. The van der Waals surface area contributed by atoms with Crippen LogP contribution in [0.4, 0.5) is 0 Å². The average Bonchev–Trinajstić information content (AvgIpc) is 2.97. The van der Waals surface area contributed by atoms with Gasteiger partial charge in [0.2, 0.25) is 0 Å². The number of halogens is 1. The predicted molar refractivity (Wildman–Crippen MR) is 75.0 cm³/mol. The Balaban J connectivity index is 1.49. The van der Waals surface area contributed by atoms with Crippen molar-refractivity contribution >= 4 is 22.9 Å². The number of nitrogens with one attached hydrogen (secondary N) is 1. The van der Waals surface area contributed by atoms with Crippen molar-refractivity contribution in [2.75, 3.05) is 6.54 Å². The van der Waals surface area contributed by atoms with Crippen molar-refractivity contribution in [2.24, 2.45) is 5.92 Å². The van der Waals surface area contributed by atoms with Gasteiger partial charge in [0, 0.05) is 10.9 Å². The first-order valence-electron chi connectivity index (χ1n) is 6.84. The van der Waals surface area contributed by atoms with E-state index >= 15 is 0 Å². The van der Waals surface area contributed by atoms with Crippen molar-refractivity contribution in [1.29, 1.82) is 0 Å². The minimum atomic E-state index is 0.579. The number of fused-ring (bicyclic) bond motifs is 1. The molecular weight excluding hydrogens is 250 g/mol. The monoisotopic (exact) mass is 269 g/mol. The largest absolute Gasteiger partial charge is 0.310 e. The highest BCUT2D eigenvalue weighted by molar-refractivity contribution is 7.16. The average molecular weight is 270 g/mol. The molecule has 1 fully saturated rings. The third kappa shape index (κ3) is 2.69. The van der Waals surface area contributed by atoms with Crippen molar-refractivity contribution in [1.82, 2.24) is 5.32 Å². The van der Waals surface area contributed by atoms with Crippen molar-refractivity contribution in [2.45, 2.75) is 51.0 Å². The molecule has 1 heterocycles. The summed E-state index contributed by atoms with van der Waals surface area (Å²) in [7, 11) is 0. The Hall–Kier alpha value is -0.0500. The van der Waals surface area contributed by atoms with Gasteiger partial charge in [-0.3, -0.25) is 0 Å². The van der Waals surface area contributed by atoms with Crippen molar-refractivity contribution in [3.05, 3.63) is 20.8 Å². The third-order valence-corrected chi connectivity index (χ3v) is 5.60. The maximum Gasteiger partial charge on any atom is 0.0934 e. The maximum atomic E-state index is 6.07. The van der Waals surface area contributed by atoms with E-state index in [1.807, 2.05) is 0 Å². The molecule has 0 aliphatic heterocycles. The van der Waals surface area contributed by atoms with Crippen molar-refractivity contribution in [3.63, 3.8) is 0 Å². The summed E-state index contributed by atoms with van der Waals surface area (Å²) in [6.07, 6.45) is 9.68. The highest BCUT2D eigenvalue weighted by Crippen LogP contribution is 2.39. The second-order valence-corrected chi connectivity index (χ2v) is 7.18. The number of hydrogen-bond acceptors (Lipinski definition) is 2. The van der Waals surface area contributed by atoms with E-state index in [-0.39, 0.29) is 0 Å². The van der Waals surface area contributed by atoms with Crippen LogP contribution in [0, 0.1) is 5.92 Å². The van der Waals surface area contributed by atoms with Crippen LogP contribution in [0.2, 0.25) is 4.34 Å². The molecule has 1 N–H and O–H groups in total. The van der Waals surface area contributed by atoms with E-state index in [0.717, 1.165) is 10.3 Å². The van der Waals surface area contributed by atoms with Crippen LogP contribution >= 0.6 is 22.9 Å². The summed E-state index contributed by atoms with van der Waals surface area (Å²) < 4.78 is 0.956. The van der Waals surface area contributed by atoms with Crippen LogP contribution in [0.3, 0.4) is 0 Å². The summed E-state index contributed by atoms with van der Waals surface area (Å²) in [5, 5.41) is 3.73. The molecule has 3 heteroatoms. The van der Waals surface area contributed by atoms with Crippen LogP contribution in [0.1, 0.15) is 55.0 Å². The summed E-state index contributed by atoms with van der Waals surface area (Å²) in [4.78, 5) is 1.51. The molecule has 1 aromatic rings. The Morgan fingerprint density at radius 3 is 2.94 bits per heavy atom. The molecule has 2 aliphatic rings. The van der Waals surface area contributed by atoms with E-state index < -0.39 is 0 Å². The van der Waals surface area contributed by atoms with Crippen LogP contribution < -0.4 is 5.32 Å². The molecule has 1 atom stereocenters. The molecule has 17 heavy (non-hydrogen) atoms. The topological polar surface area (TPSA) is 12.0 Å². The number of thiophene rings is 1. The van der Waals surface area contributed by atoms with Gasteiger partial charge in [-0.2, -0.15) is 0 Å². The molecule has 1 unspecified atom stereocenters. The fraction of sp³-hybridized carbons (Fsp3) is 0.714. The second kappa shape index (κ2) is 5.29. The van der Waals surface area contributed by atoms with E-state index in [1.165, 1.54) is 61.9 Å². The van der Waals surface area contributed by atoms with Gasteiger partial charge < -0.3 is 5.32 Å². The van der Waals surface area contributed by atoms with Crippen LogP contribution in [0.25, 0.3) is 0 Å². The van der Waals surface area contributed by atoms with Gasteiger partial charge in [0.05, 0.1) is 4.34 Å². The Bertz CT molecular complexity index is 382. The van der Waals surface area contributed by atoms with Crippen LogP contribution in [0.15, 0.2) is 6.07 Å². The summed E-state index contributed by atoms with van der Waals surface area (Å²) in [5.74, 6) is 0.995. The molecule has 0 saturated heterocycles. The number of aryl methyl sites for hydroxylation is 1. The smallest absolute Gasteiger partial charge is 0.0934 e. The van der Waals surface area contributed by atoms with E-state index in [9.17, 15) is 0 Å². The van der Waals surface area contributed by atoms with Gasteiger partial charge in [0.15, 0.2) is 0 Å². The predicted octanol–water partition coefficient (Wildman–Crippen LogP) is 4.56. The Kier molecular flexibility index (Phi) is 3.74. The van der Waals surface area contributed by atoms with Crippen LogP contribution in [0.5, 0.6) is 0 Å². The minimum absolute atomic E-state index is 0.579. The van der Waals surface area contributed by atoms with Crippen LogP contribution in [-0.4, -0.2) is 6.54 Å². The normalized spacial score (nSPS) is 24.4. The van der Waals surface area contributed by atoms with Crippen molar-refractivity contribution in [3.8, 4) is 0 Å². The summed E-state index contributed by atoms with van der Waals surface area (Å²) in [5.41, 5.74) is 1.48. The zero-order valence-electron chi connectivity index (χ0n) is 10.2. The van der Waals surface area contributed by atoms with Crippen LogP contribution in [-0.2, 0) is 6.42 Å². The Labute approximate surface area is 113 Å². The summed E-state index contributed by atoms with van der Waals surface area (Å²) >= 11 is 7.84. The van der Waals surface area contributed by atoms with Gasteiger partial charge in [-0.25, -0.2) is 0 Å². The summed E-state index contributed by atoms with van der Waals surface area (Å²) in [6, 6.07) is 2.75. The maximum absolute atomic E-state index is 6.07. The highest BCUT2D eigenvalue weighted by Gasteiger charge is 2.24. The van der Waals surface area contributed by atoms with Crippen molar-refractivity contribution < 1.29 is 0 Å². The third-order valence-electron chi connectivity index (χ3n) is 4.27. The number of hydrogen-bond donors (Lipinski definition) is 1. The molecule has 1 saturated carbocycles. The molecule has 0 spiro atoms. The zero-order chi connectivity index (χ0) is 11.7. The molecule has 3 rings (SSSR count). The minimum Gasteiger partial charge on any atom is -0.310 e. The Morgan fingerprint density at radius 1 is 1.29 bits per heavy atom. The van der Waals surface area contributed by atoms with Gasteiger partial charge in [-0.05, 0) is 43.4 Å². The molecule has 1 nitrogen and oxygen atoms in total. The lowest BCUT2D eigenvalue weighted by atomic mass is 10.0. The van der Waals surface area contributed by atoms with Gasteiger partial charge in [0.1, 0.15) is 0 Å². The van der Waals surface area contributed by atoms with E-state index in [1.54, 1.807) is 11.3 Å². The quantitative estimate of drug-likeness (QED) is 0.845. The van der Waals surface area contributed by atoms with E-state index in [2.05, 4.69) is 11.4 Å². The number of rotatable bonds is 4. The molecule has 0 radical (unpaired) electrons. The van der Waals surface area contributed by atoms with E-state index in [0.29, 0.717) is 6.04 Å². The lowest BCUT2D eigenvalue weighted by Gasteiger charge is -2.15. The van der Waals surface area contributed by atoms with Gasteiger partial charge in [-0.15, -0.1) is 11.3 Å². The molecular formula is C14H20ClNS. The lowest BCUT2D eigenvalue weighted by Crippen LogP contribution is -2.21. The fourth-order valence-electron chi connectivity index (χ4n) is 3.30. The first kappa shape index (κ1) is 12.0. The first-order valence-corrected chi connectivity index (χ1v) is 8.04. The first-order chi connectivity index (χ1) is 8.33. The molecule has 2 aliphatic carbocycles. The second-order valence-electron chi connectivity index (χ2n) is 5.41. The standard InChI is InChI=1S/C14H20ClNS/c15-14-9-11-12(5-6-13(11)17-14)16-8-7-10-3-1-2-4-10/h9-10,12,16H,1-8H2. The summed E-state index contributed by atoms with van der Waals surface area (Å²) in [6.45, 7) is 1.18. The molecule has 0 bridgehead atoms. The highest BCUT2D eigenvalue weighted by atomic mass is 35.5. The Morgan fingerprint density at radius 2 is 2.12 bits per heavy atom. The van der Waals surface area contributed by atoms with Gasteiger partial charge in [-0.1, -0.05) is 37.3 Å².